The Morgan fingerprint density at radius 2 is 1.76 bits per heavy atom. The summed E-state index contributed by atoms with van der Waals surface area (Å²) in [5, 5.41) is 9.88. The molecular formula is C18H22FNO. The highest BCUT2D eigenvalue weighted by molar-refractivity contribution is 5.32. The lowest BCUT2D eigenvalue weighted by molar-refractivity contribution is 0.195. The van der Waals surface area contributed by atoms with E-state index in [9.17, 15) is 9.50 Å². The van der Waals surface area contributed by atoms with Crippen LogP contribution < -0.4 is 5.73 Å². The van der Waals surface area contributed by atoms with Crippen LogP contribution in [0.25, 0.3) is 0 Å². The smallest absolute Gasteiger partial charge is 0.123 e. The van der Waals surface area contributed by atoms with Crippen LogP contribution in [0, 0.1) is 5.82 Å². The second-order valence-electron chi connectivity index (χ2n) is 5.50. The average molecular weight is 287 g/mol. The van der Waals surface area contributed by atoms with E-state index >= 15 is 0 Å². The summed E-state index contributed by atoms with van der Waals surface area (Å²) in [6, 6.07) is 14.6. The van der Waals surface area contributed by atoms with Crippen LogP contribution in [-0.4, -0.2) is 18.3 Å². The number of aliphatic hydroxyl groups is 1. The number of nitrogens with two attached hydrogens (primary N) is 1. The van der Waals surface area contributed by atoms with Gasteiger partial charge in [-0.1, -0.05) is 43.3 Å². The van der Waals surface area contributed by atoms with Gasteiger partial charge in [0.2, 0.25) is 0 Å². The molecular weight excluding hydrogens is 265 g/mol. The molecule has 0 saturated heterocycles. The van der Waals surface area contributed by atoms with E-state index in [1.165, 1.54) is 17.7 Å². The Balaban J connectivity index is 2.33. The lowest BCUT2D eigenvalue weighted by Crippen LogP contribution is -2.41. The molecule has 2 rings (SSSR count). The van der Waals surface area contributed by atoms with Gasteiger partial charge < -0.3 is 10.8 Å². The molecule has 0 aliphatic heterocycles. The zero-order valence-electron chi connectivity index (χ0n) is 12.3. The van der Waals surface area contributed by atoms with Gasteiger partial charge in [-0.15, -0.1) is 0 Å². The summed E-state index contributed by atoms with van der Waals surface area (Å²) in [7, 11) is 0. The number of benzene rings is 2. The highest BCUT2D eigenvalue weighted by atomic mass is 19.1. The maximum Gasteiger partial charge on any atom is 0.123 e. The third kappa shape index (κ3) is 3.49. The molecule has 0 bridgehead atoms. The first-order chi connectivity index (χ1) is 10.1. The van der Waals surface area contributed by atoms with E-state index in [0.717, 1.165) is 17.5 Å². The first-order valence-corrected chi connectivity index (χ1v) is 7.28. The fourth-order valence-corrected chi connectivity index (χ4v) is 2.61. The van der Waals surface area contributed by atoms with Gasteiger partial charge in [-0.05, 0) is 41.7 Å². The summed E-state index contributed by atoms with van der Waals surface area (Å²) in [4.78, 5) is 0. The SMILES string of the molecule is CCc1ccc(CC(CN)(CO)c2cccc(F)c2)cc1. The van der Waals surface area contributed by atoms with Crippen molar-refractivity contribution < 1.29 is 9.50 Å². The number of hydrogen-bond donors (Lipinski definition) is 2. The van der Waals surface area contributed by atoms with E-state index in [2.05, 4.69) is 31.2 Å². The van der Waals surface area contributed by atoms with Crippen molar-refractivity contribution in [2.45, 2.75) is 25.2 Å². The second-order valence-corrected chi connectivity index (χ2v) is 5.50. The summed E-state index contributed by atoms with van der Waals surface area (Å²) in [6.07, 6.45) is 1.58. The van der Waals surface area contributed by atoms with Crippen molar-refractivity contribution in [3.05, 3.63) is 71.0 Å². The maximum atomic E-state index is 13.5. The van der Waals surface area contributed by atoms with E-state index in [0.29, 0.717) is 6.42 Å². The van der Waals surface area contributed by atoms with E-state index in [1.807, 2.05) is 6.07 Å². The first kappa shape index (κ1) is 15.7. The quantitative estimate of drug-likeness (QED) is 0.858. The molecule has 0 aliphatic carbocycles. The molecule has 112 valence electrons. The molecule has 2 aromatic rings. The minimum atomic E-state index is -0.643. The van der Waals surface area contributed by atoms with Crippen molar-refractivity contribution in [2.24, 2.45) is 5.73 Å². The topological polar surface area (TPSA) is 46.2 Å². The third-order valence-corrected chi connectivity index (χ3v) is 4.10. The number of aryl methyl sites for hydroxylation is 1. The molecule has 0 saturated carbocycles. The van der Waals surface area contributed by atoms with Gasteiger partial charge in [0.05, 0.1) is 6.61 Å². The van der Waals surface area contributed by atoms with Gasteiger partial charge in [0, 0.05) is 12.0 Å². The number of hydrogen-bond acceptors (Lipinski definition) is 2. The zero-order chi connectivity index (χ0) is 15.3. The van der Waals surface area contributed by atoms with Crippen LogP contribution in [-0.2, 0) is 18.3 Å². The third-order valence-electron chi connectivity index (χ3n) is 4.10. The van der Waals surface area contributed by atoms with Crippen molar-refractivity contribution in [1.82, 2.24) is 0 Å². The van der Waals surface area contributed by atoms with E-state index in [1.54, 1.807) is 6.07 Å². The minimum absolute atomic E-state index is 0.109. The molecule has 0 heterocycles. The number of rotatable bonds is 6. The molecule has 0 spiro atoms. The van der Waals surface area contributed by atoms with Gasteiger partial charge >= 0.3 is 0 Å². The van der Waals surface area contributed by atoms with Gasteiger partial charge in [0.1, 0.15) is 5.82 Å². The summed E-state index contributed by atoms with van der Waals surface area (Å²) in [5.41, 5.74) is 8.39. The van der Waals surface area contributed by atoms with Crippen LogP contribution in [0.4, 0.5) is 4.39 Å². The number of halogens is 1. The monoisotopic (exact) mass is 287 g/mol. The Kier molecular flexibility index (Phi) is 5.10. The predicted molar refractivity (Wildman–Crippen MR) is 83.7 cm³/mol. The van der Waals surface area contributed by atoms with Crippen molar-refractivity contribution >= 4 is 0 Å². The van der Waals surface area contributed by atoms with Crippen molar-refractivity contribution in [1.29, 1.82) is 0 Å². The van der Waals surface area contributed by atoms with Gasteiger partial charge in [-0.3, -0.25) is 0 Å². The van der Waals surface area contributed by atoms with Crippen LogP contribution in [0.1, 0.15) is 23.6 Å². The Bertz CT molecular complexity index is 576. The summed E-state index contributed by atoms with van der Waals surface area (Å²) >= 11 is 0. The van der Waals surface area contributed by atoms with Crippen LogP contribution in [0.3, 0.4) is 0 Å². The van der Waals surface area contributed by atoms with E-state index < -0.39 is 5.41 Å². The largest absolute Gasteiger partial charge is 0.395 e. The van der Waals surface area contributed by atoms with Gasteiger partial charge in [0.15, 0.2) is 0 Å². The summed E-state index contributed by atoms with van der Waals surface area (Å²) < 4.78 is 13.5. The second kappa shape index (κ2) is 6.83. The van der Waals surface area contributed by atoms with Crippen molar-refractivity contribution in [3.8, 4) is 0 Å². The van der Waals surface area contributed by atoms with Crippen LogP contribution in [0.2, 0.25) is 0 Å². The molecule has 1 atom stereocenters. The zero-order valence-corrected chi connectivity index (χ0v) is 12.3. The lowest BCUT2D eigenvalue weighted by atomic mass is 9.76. The fourth-order valence-electron chi connectivity index (χ4n) is 2.61. The Hall–Kier alpha value is -1.71. The molecule has 0 fully saturated rings. The molecule has 2 nitrogen and oxygen atoms in total. The molecule has 0 aromatic heterocycles. The predicted octanol–water partition coefficient (Wildman–Crippen LogP) is 2.82. The van der Waals surface area contributed by atoms with Crippen molar-refractivity contribution in [2.75, 3.05) is 13.2 Å². The van der Waals surface area contributed by atoms with Crippen LogP contribution in [0.15, 0.2) is 48.5 Å². The Morgan fingerprint density at radius 3 is 2.29 bits per heavy atom. The molecule has 3 N–H and O–H groups in total. The number of aliphatic hydroxyl groups excluding tert-OH is 1. The first-order valence-electron chi connectivity index (χ1n) is 7.28. The molecule has 0 aliphatic rings. The Labute approximate surface area is 125 Å². The van der Waals surface area contributed by atoms with Gasteiger partial charge in [-0.2, -0.15) is 0 Å². The average Bonchev–Trinajstić information content (AvgIpc) is 2.53. The normalized spacial score (nSPS) is 13.9. The highest BCUT2D eigenvalue weighted by Crippen LogP contribution is 2.28. The maximum absolute atomic E-state index is 13.5. The molecule has 1 unspecified atom stereocenters. The van der Waals surface area contributed by atoms with Gasteiger partial charge in [0.25, 0.3) is 0 Å². The van der Waals surface area contributed by atoms with Gasteiger partial charge in [-0.25, -0.2) is 4.39 Å². The van der Waals surface area contributed by atoms with Crippen molar-refractivity contribution in [3.63, 3.8) is 0 Å². The molecule has 2 aromatic carbocycles. The highest BCUT2D eigenvalue weighted by Gasteiger charge is 2.30. The van der Waals surface area contributed by atoms with E-state index in [-0.39, 0.29) is 19.0 Å². The standard InChI is InChI=1S/C18H22FNO/c1-2-14-6-8-15(9-7-14)11-18(12-20,13-21)16-4-3-5-17(19)10-16/h3-10,21H,2,11-13,20H2,1H3. The van der Waals surface area contributed by atoms with Crippen LogP contribution >= 0.6 is 0 Å². The van der Waals surface area contributed by atoms with Crippen LogP contribution in [0.5, 0.6) is 0 Å². The summed E-state index contributed by atoms with van der Waals surface area (Å²) in [5.74, 6) is -0.305. The summed E-state index contributed by atoms with van der Waals surface area (Å²) in [6.45, 7) is 2.27. The lowest BCUT2D eigenvalue weighted by Gasteiger charge is -2.31. The van der Waals surface area contributed by atoms with E-state index in [4.69, 9.17) is 5.73 Å². The fraction of sp³-hybridized carbons (Fsp3) is 0.333. The molecule has 0 amide bonds. The molecule has 0 radical (unpaired) electrons. The minimum Gasteiger partial charge on any atom is -0.395 e. The molecule has 21 heavy (non-hydrogen) atoms. The Morgan fingerprint density at radius 1 is 1.10 bits per heavy atom. The molecule has 3 heteroatoms.